The third-order valence-corrected chi connectivity index (χ3v) is 6.34. The van der Waals surface area contributed by atoms with Gasteiger partial charge in [-0.15, -0.1) is 0 Å². The van der Waals surface area contributed by atoms with Gasteiger partial charge in [0.25, 0.3) is 0 Å². The Morgan fingerprint density at radius 3 is 2.21 bits per heavy atom. The Balaban J connectivity index is 1.51. The fourth-order valence-electron chi connectivity index (χ4n) is 4.11. The summed E-state index contributed by atoms with van der Waals surface area (Å²) in [6.07, 6.45) is 7.60. The Bertz CT molecular complexity index is 679. The summed E-state index contributed by atoms with van der Waals surface area (Å²) in [7, 11) is 0. The lowest BCUT2D eigenvalue weighted by Crippen LogP contribution is -2.36. The molecular formula is C25H33BrO3. The molecule has 1 fully saturated rings. The zero-order valence-electron chi connectivity index (χ0n) is 17.1. The summed E-state index contributed by atoms with van der Waals surface area (Å²) in [5, 5.41) is 9.20. The van der Waals surface area contributed by atoms with Crippen LogP contribution in [0, 0.1) is 0 Å². The summed E-state index contributed by atoms with van der Waals surface area (Å²) in [4.78, 5) is 0.495. The first kappa shape index (κ1) is 22.5. The van der Waals surface area contributed by atoms with Crippen LogP contribution in [-0.4, -0.2) is 41.5 Å². The quantitative estimate of drug-likeness (QED) is 0.460. The summed E-state index contributed by atoms with van der Waals surface area (Å²) in [5.41, 5.74) is 2.70. The van der Waals surface area contributed by atoms with Gasteiger partial charge in [-0.3, -0.25) is 0 Å². The van der Waals surface area contributed by atoms with E-state index in [-0.39, 0.29) is 24.9 Å². The molecule has 0 bridgehead atoms. The molecule has 3 rings (SSSR count). The minimum atomic E-state index is 0.0636. The van der Waals surface area contributed by atoms with Crippen LogP contribution in [0.3, 0.4) is 0 Å². The molecule has 2 aromatic rings. The highest BCUT2D eigenvalue weighted by Crippen LogP contribution is 2.31. The van der Waals surface area contributed by atoms with Crippen LogP contribution < -0.4 is 0 Å². The van der Waals surface area contributed by atoms with Crippen LogP contribution in [0.4, 0.5) is 0 Å². The van der Waals surface area contributed by atoms with Crippen LogP contribution in [0.15, 0.2) is 60.7 Å². The molecule has 1 heterocycles. The van der Waals surface area contributed by atoms with E-state index >= 15 is 0 Å². The number of ether oxygens (including phenoxy) is 2. The van der Waals surface area contributed by atoms with E-state index in [0.717, 1.165) is 44.9 Å². The second kappa shape index (κ2) is 12.5. The molecule has 0 amide bonds. The lowest BCUT2D eigenvalue weighted by molar-refractivity contribution is -0.0816. The highest BCUT2D eigenvalue weighted by atomic mass is 79.9. The topological polar surface area (TPSA) is 38.7 Å². The lowest BCUT2D eigenvalue weighted by Gasteiger charge is -2.35. The maximum Gasteiger partial charge on any atom is 0.0701 e. The number of aryl methyl sites for hydroxylation is 2. The molecule has 0 aliphatic carbocycles. The second-order valence-corrected chi connectivity index (χ2v) is 9.24. The fraction of sp³-hybridized carbons (Fsp3) is 0.520. The third kappa shape index (κ3) is 8.21. The Hall–Kier alpha value is -1.20. The van der Waals surface area contributed by atoms with Gasteiger partial charge in [0.1, 0.15) is 0 Å². The highest BCUT2D eigenvalue weighted by molar-refractivity contribution is 9.09. The van der Waals surface area contributed by atoms with E-state index in [9.17, 15) is 5.11 Å². The minimum absolute atomic E-state index is 0.0636. The molecule has 1 unspecified atom stereocenters. The van der Waals surface area contributed by atoms with Crippen LogP contribution in [-0.2, 0) is 22.3 Å². The Kier molecular flexibility index (Phi) is 9.68. The summed E-state index contributed by atoms with van der Waals surface area (Å²) in [5.74, 6) is 0. The van der Waals surface area contributed by atoms with E-state index in [4.69, 9.17) is 9.47 Å². The first-order chi connectivity index (χ1) is 14.2. The molecule has 1 saturated heterocycles. The Morgan fingerprint density at radius 1 is 0.931 bits per heavy atom. The Labute approximate surface area is 183 Å². The normalized spacial score (nSPS) is 23.0. The number of hydrogen-bond acceptors (Lipinski definition) is 3. The first-order valence-corrected chi connectivity index (χ1v) is 11.7. The third-order valence-electron chi connectivity index (χ3n) is 5.59. The fourth-order valence-corrected chi connectivity index (χ4v) is 4.95. The first-order valence-electron chi connectivity index (χ1n) is 10.8. The van der Waals surface area contributed by atoms with Gasteiger partial charge in [0.2, 0.25) is 0 Å². The van der Waals surface area contributed by atoms with Gasteiger partial charge >= 0.3 is 0 Å². The average Bonchev–Trinajstić information content (AvgIpc) is 2.75. The molecule has 0 spiro atoms. The van der Waals surface area contributed by atoms with Crippen molar-refractivity contribution in [2.45, 2.75) is 68.1 Å². The number of alkyl halides is 1. The number of halogens is 1. The minimum Gasteiger partial charge on any atom is -0.394 e. The predicted molar refractivity (Wildman–Crippen MR) is 122 cm³/mol. The monoisotopic (exact) mass is 460 g/mol. The number of aliphatic hydroxyl groups is 1. The van der Waals surface area contributed by atoms with Gasteiger partial charge in [-0.05, 0) is 56.1 Å². The molecule has 1 aliphatic heterocycles. The largest absolute Gasteiger partial charge is 0.394 e. The van der Waals surface area contributed by atoms with Crippen LogP contribution in [0.25, 0.3) is 0 Å². The average molecular weight is 461 g/mol. The summed E-state index contributed by atoms with van der Waals surface area (Å²) < 4.78 is 12.4. The van der Waals surface area contributed by atoms with Crippen LogP contribution >= 0.6 is 15.9 Å². The molecule has 1 N–H and O–H groups in total. The lowest BCUT2D eigenvalue weighted by atomic mass is 9.94. The summed E-state index contributed by atoms with van der Waals surface area (Å²) in [6, 6.07) is 21.2. The van der Waals surface area contributed by atoms with Gasteiger partial charge < -0.3 is 14.6 Å². The molecule has 3 nitrogen and oxygen atoms in total. The van der Waals surface area contributed by atoms with E-state index in [1.54, 1.807) is 0 Å². The molecular weight excluding hydrogens is 428 g/mol. The number of aliphatic hydroxyl groups excluding tert-OH is 1. The molecule has 0 radical (unpaired) electrons. The molecule has 2 aromatic carbocycles. The van der Waals surface area contributed by atoms with Gasteiger partial charge in [-0.25, -0.2) is 0 Å². The molecule has 0 aromatic heterocycles. The highest BCUT2D eigenvalue weighted by Gasteiger charge is 2.30. The van der Waals surface area contributed by atoms with Gasteiger partial charge in [0.05, 0.1) is 31.5 Å². The standard InChI is InChI=1S/C25H33BrO3/c26-22-17-24(14-12-21-9-5-2-6-10-21)29-25(18-22)19-23(28-16-15-27)13-11-20-7-3-1-4-8-20/h1-10,22-25,27H,11-19H2/t22-,23?,24+,25+/m1/s1. The van der Waals surface area contributed by atoms with Gasteiger partial charge in [0, 0.05) is 4.83 Å². The maximum absolute atomic E-state index is 9.20. The smallest absolute Gasteiger partial charge is 0.0701 e. The molecule has 4 heteroatoms. The predicted octanol–water partition coefficient (Wildman–Crippen LogP) is 5.33. The molecule has 1 aliphatic rings. The second-order valence-electron chi connectivity index (χ2n) is 7.95. The van der Waals surface area contributed by atoms with E-state index in [1.165, 1.54) is 11.1 Å². The zero-order valence-corrected chi connectivity index (χ0v) is 18.7. The molecule has 158 valence electrons. The van der Waals surface area contributed by atoms with E-state index in [1.807, 2.05) is 6.07 Å². The van der Waals surface area contributed by atoms with Crippen molar-refractivity contribution in [3.05, 3.63) is 71.8 Å². The van der Waals surface area contributed by atoms with Crippen molar-refractivity contribution >= 4 is 15.9 Å². The molecule has 29 heavy (non-hydrogen) atoms. The van der Waals surface area contributed by atoms with Crippen LogP contribution in [0.1, 0.15) is 43.2 Å². The van der Waals surface area contributed by atoms with Crippen molar-refractivity contribution < 1.29 is 14.6 Å². The van der Waals surface area contributed by atoms with Gasteiger partial charge in [0.15, 0.2) is 0 Å². The van der Waals surface area contributed by atoms with Crippen molar-refractivity contribution in [3.63, 3.8) is 0 Å². The van der Waals surface area contributed by atoms with Crippen molar-refractivity contribution in [2.75, 3.05) is 13.2 Å². The Morgan fingerprint density at radius 2 is 1.55 bits per heavy atom. The molecule has 4 atom stereocenters. The van der Waals surface area contributed by atoms with Crippen molar-refractivity contribution in [1.82, 2.24) is 0 Å². The maximum atomic E-state index is 9.20. The van der Waals surface area contributed by atoms with E-state index < -0.39 is 0 Å². The van der Waals surface area contributed by atoms with Crippen LogP contribution in [0.2, 0.25) is 0 Å². The van der Waals surface area contributed by atoms with E-state index in [2.05, 4.69) is 70.5 Å². The molecule has 0 saturated carbocycles. The number of benzene rings is 2. The van der Waals surface area contributed by atoms with Gasteiger partial charge in [-0.1, -0.05) is 76.6 Å². The number of hydrogen-bond donors (Lipinski definition) is 1. The number of rotatable bonds is 11. The van der Waals surface area contributed by atoms with Crippen molar-refractivity contribution in [3.8, 4) is 0 Å². The summed E-state index contributed by atoms with van der Waals surface area (Å²) >= 11 is 3.85. The van der Waals surface area contributed by atoms with E-state index in [0.29, 0.717) is 11.4 Å². The van der Waals surface area contributed by atoms with Gasteiger partial charge in [-0.2, -0.15) is 0 Å². The van der Waals surface area contributed by atoms with Crippen molar-refractivity contribution in [1.29, 1.82) is 0 Å². The van der Waals surface area contributed by atoms with Crippen molar-refractivity contribution in [2.24, 2.45) is 0 Å². The SMILES string of the molecule is OCCOC(CCc1ccccc1)C[C@@H]1C[C@H](Br)C[C@H](CCc2ccccc2)O1. The summed E-state index contributed by atoms with van der Waals surface area (Å²) in [6.45, 7) is 0.454. The zero-order chi connectivity index (χ0) is 20.3. The van der Waals surface area contributed by atoms with Crippen LogP contribution in [0.5, 0.6) is 0 Å².